The van der Waals surface area contributed by atoms with Gasteiger partial charge in [-0.3, -0.25) is 10.2 Å². The molecule has 0 radical (unpaired) electrons. The van der Waals surface area contributed by atoms with Crippen molar-refractivity contribution in [3.63, 3.8) is 0 Å². The number of nitrogens with one attached hydrogen (secondary N) is 1. The minimum absolute atomic E-state index is 0.0653. The number of para-hydroxylation sites is 1. The zero-order valence-electron chi connectivity index (χ0n) is 19.5. The predicted octanol–water partition coefficient (Wildman–Crippen LogP) is 5.38. The number of anilines is 1. The molecule has 1 aliphatic rings. The highest BCUT2D eigenvalue weighted by Gasteiger charge is 2.23. The summed E-state index contributed by atoms with van der Waals surface area (Å²) in [5, 5.41) is 18.5. The normalized spacial score (nSPS) is 13.7. The number of ether oxygens (including phenoxy) is 1. The molecule has 8 nitrogen and oxygen atoms in total. The predicted molar refractivity (Wildman–Crippen MR) is 137 cm³/mol. The molecule has 0 unspecified atom stereocenters. The summed E-state index contributed by atoms with van der Waals surface area (Å²) in [4.78, 5) is 33.1. The zero-order valence-corrected chi connectivity index (χ0v) is 20.2. The van der Waals surface area contributed by atoms with Crippen molar-refractivity contribution in [2.24, 2.45) is 0 Å². The number of piperidine rings is 1. The second-order valence-electron chi connectivity index (χ2n) is 8.16. The Labute approximate surface area is 214 Å². The summed E-state index contributed by atoms with van der Waals surface area (Å²) in [5.74, 6) is -3.65. The van der Waals surface area contributed by atoms with Crippen LogP contribution in [-0.2, 0) is 20.9 Å². The molecule has 0 aromatic heterocycles. The number of nitrogens with zero attached hydrogens (tertiary/aromatic N) is 1. The van der Waals surface area contributed by atoms with Gasteiger partial charge in [0, 0.05) is 30.2 Å². The molecule has 1 saturated heterocycles. The van der Waals surface area contributed by atoms with Crippen LogP contribution >= 0.6 is 11.6 Å². The molecule has 3 aromatic rings. The lowest BCUT2D eigenvalue weighted by atomic mass is 10.0. The van der Waals surface area contributed by atoms with E-state index in [-0.39, 0.29) is 6.10 Å². The van der Waals surface area contributed by atoms with E-state index in [0.717, 1.165) is 54.3 Å². The average molecular weight is 511 g/mol. The summed E-state index contributed by atoms with van der Waals surface area (Å²) in [7, 11) is 0. The lowest BCUT2D eigenvalue weighted by Gasteiger charge is -2.31. The van der Waals surface area contributed by atoms with Crippen molar-refractivity contribution >= 4 is 35.3 Å². The third-order valence-corrected chi connectivity index (χ3v) is 5.77. The number of hydrogen-bond donors (Lipinski definition) is 3. The van der Waals surface area contributed by atoms with Gasteiger partial charge in [0.15, 0.2) is 0 Å². The van der Waals surface area contributed by atoms with E-state index in [9.17, 15) is 4.79 Å². The summed E-state index contributed by atoms with van der Waals surface area (Å²) in [6.07, 6.45) is 1.19. The molecule has 0 atom stereocenters. The van der Waals surface area contributed by atoms with Crippen LogP contribution in [0.3, 0.4) is 0 Å². The number of halogens is 1. The number of carboxylic acids is 2. The molecule has 3 N–H and O–H groups in total. The Morgan fingerprint density at radius 1 is 0.889 bits per heavy atom. The topological polar surface area (TPSA) is 116 Å². The summed E-state index contributed by atoms with van der Waals surface area (Å²) in [5.41, 5.74) is 4.00. The Kier molecular flexibility index (Phi) is 9.85. The van der Waals surface area contributed by atoms with E-state index in [1.54, 1.807) is 0 Å². The highest BCUT2D eigenvalue weighted by molar-refractivity contribution is 6.30. The van der Waals surface area contributed by atoms with Gasteiger partial charge in [0.25, 0.3) is 0 Å². The number of carbonyl (C=O) groups is 3. The highest BCUT2D eigenvalue weighted by Crippen LogP contribution is 2.28. The third-order valence-electron chi connectivity index (χ3n) is 5.54. The van der Waals surface area contributed by atoms with E-state index in [2.05, 4.69) is 16.3 Å². The molecule has 9 heteroatoms. The third kappa shape index (κ3) is 8.41. The number of likely N-dealkylation sites (tertiary alicyclic amines) is 1. The molecule has 0 spiro atoms. The van der Waals surface area contributed by atoms with Crippen molar-refractivity contribution < 1.29 is 29.3 Å². The van der Waals surface area contributed by atoms with E-state index in [0.29, 0.717) is 0 Å². The largest absolute Gasteiger partial charge is 0.473 e. The van der Waals surface area contributed by atoms with Gasteiger partial charge in [-0.2, -0.15) is 0 Å². The molecule has 1 heterocycles. The Balaban J connectivity index is 0.000000538. The first-order chi connectivity index (χ1) is 17.3. The number of hydrogen-bond acceptors (Lipinski definition) is 5. The first-order valence-electron chi connectivity index (χ1n) is 11.4. The second kappa shape index (κ2) is 13.3. The van der Waals surface area contributed by atoms with Crippen LogP contribution in [0.4, 0.5) is 10.5 Å². The number of benzene rings is 3. The van der Waals surface area contributed by atoms with Gasteiger partial charge in [-0.25, -0.2) is 14.4 Å². The minimum Gasteiger partial charge on any atom is -0.473 e. The number of aliphatic carboxylic acids is 2. The average Bonchev–Trinajstić information content (AvgIpc) is 2.86. The van der Waals surface area contributed by atoms with Crippen molar-refractivity contribution in [3.8, 4) is 11.1 Å². The maximum atomic E-state index is 12.5. The van der Waals surface area contributed by atoms with E-state index >= 15 is 0 Å². The van der Waals surface area contributed by atoms with Crippen molar-refractivity contribution in [2.45, 2.75) is 25.5 Å². The molecule has 1 amide bonds. The summed E-state index contributed by atoms with van der Waals surface area (Å²) < 4.78 is 5.71. The van der Waals surface area contributed by atoms with Gasteiger partial charge in [-0.15, -0.1) is 0 Å². The molecular formula is C27H27ClN2O6. The Bertz CT molecular complexity index is 1170. The lowest BCUT2D eigenvalue weighted by molar-refractivity contribution is -0.159. The standard InChI is InChI=1S/C25H25ClN2O2.C2H2O4/c26-21-10-6-7-19(17-21)18-28-15-13-22(14-16-28)30-25(29)27-24-12-5-4-11-23(24)20-8-2-1-3-9-20;3-1(4)2(5)6/h1-12,17,22H,13-16,18H2,(H,27,29);(H,3,4)(H,5,6). The van der Waals surface area contributed by atoms with Crippen molar-refractivity contribution in [3.05, 3.63) is 89.4 Å². The molecule has 4 rings (SSSR count). The summed E-state index contributed by atoms with van der Waals surface area (Å²) in [6, 6.07) is 25.7. The number of amides is 1. The number of carboxylic acid groups (broad SMARTS) is 2. The smallest absolute Gasteiger partial charge is 0.414 e. The van der Waals surface area contributed by atoms with Gasteiger partial charge in [0.2, 0.25) is 0 Å². The van der Waals surface area contributed by atoms with Gasteiger partial charge in [-0.05, 0) is 42.2 Å². The highest BCUT2D eigenvalue weighted by atomic mass is 35.5. The van der Waals surface area contributed by atoms with E-state index in [1.165, 1.54) is 5.56 Å². The van der Waals surface area contributed by atoms with E-state index in [1.807, 2.05) is 72.8 Å². The van der Waals surface area contributed by atoms with Crippen LogP contribution in [-0.4, -0.2) is 52.3 Å². The van der Waals surface area contributed by atoms with Gasteiger partial charge in [0.05, 0.1) is 5.69 Å². The molecule has 1 fully saturated rings. The van der Waals surface area contributed by atoms with Crippen molar-refractivity contribution in [2.75, 3.05) is 18.4 Å². The van der Waals surface area contributed by atoms with Gasteiger partial charge in [0.1, 0.15) is 6.10 Å². The molecule has 36 heavy (non-hydrogen) atoms. The lowest BCUT2D eigenvalue weighted by Crippen LogP contribution is -2.38. The Morgan fingerprint density at radius 3 is 2.17 bits per heavy atom. The first-order valence-corrected chi connectivity index (χ1v) is 11.7. The van der Waals surface area contributed by atoms with Crippen LogP contribution in [0, 0.1) is 0 Å². The fourth-order valence-electron chi connectivity index (χ4n) is 3.83. The fraction of sp³-hybridized carbons (Fsp3) is 0.222. The zero-order chi connectivity index (χ0) is 25.9. The molecule has 0 aliphatic carbocycles. The van der Waals surface area contributed by atoms with Crippen molar-refractivity contribution in [1.82, 2.24) is 4.90 Å². The number of carbonyl (C=O) groups excluding carboxylic acids is 1. The maximum Gasteiger partial charge on any atom is 0.414 e. The van der Waals surface area contributed by atoms with E-state index < -0.39 is 18.0 Å². The maximum absolute atomic E-state index is 12.5. The van der Waals surface area contributed by atoms with Gasteiger partial charge >= 0.3 is 18.0 Å². The Morgan fingerprint density at radius 2 is 1.53 bits per heavy atom. The summed E-state index contributed by atoms with van der Waals surface area (Å²) >= 11 is 6.08. The molecule has 0 bridgehead atoms. The van der Waals surface area contributed by atoms with Gasteiger partial charge < -0.3 is 14.9 Å². The van der Waals surface area contributed by atoms with Crippen LogP contribution in [0.2, 0.25) is 5.02 Å². The number of rotatable bonds is 5. The Hall–Kier alpha value is -3.88. The molecule has 0 saturated carbocycles. The fourth-order valence-corrected chi connectivity index (χ4v) is 4.04. The van der Waals surface area contributed by atoms with E-state index in [4.69, 9.17) is 36.1 Å². The van der Waals surface area contributed by atoms with Crippen LogP contribution in [0.1, 0.15) is 18.4 Å². The monoisotopic (exact) mass is 510 g/mol. The van der Waals surface area contributed by atoms with Crippen LogP contribution in [0.5, 0.6) is 0 Å². The quantitative estimate of drug-likeness (QED) is 0.395. The second-order valence-corrected chi connectivity index (χ2v) is 8.59. The van der Waals surface area contributed by atoms with Gasteiger partial charge in [-0.1, -0.05) is 72.3 Å². The molecule has 188 valence electrons. The molecule has 3 aromatic carbocycles. The summed E-state index contributed by atoms with van der Waals surface area (Å²) in [6.45, 7) is 2.65. The van der Waals surface area contributed by atoms with Crippen LogP contribution < -0.4 is 5.32 Å². The van der Waals surface area contributed by atoms with Crippen LogP contribution in [0.25, 0.3) is 11.1 Å². The SMILES string of the molecule is O=C(Nc1ccccc1-c1ccccc1)OC1CCN(Cc2cccc(Cl)c2)CC1.O=C(O)C(=O)O. The van der Waals surface area contributed by atoms with Crippen molar-refractivity contribution in [1.29, 1.82) is 0 Å². The molecule has 1 aliphatic heterocycles. The minimum atomic E-state index is -1.82. The van der Waals surface area contributed by atoms with Crippen LogP contribution in [0.15, 0.2) is 78.9 Å². The molecular weight excluding hydrogens is 484 g/mol. The first kappa shape index (κ1) is 26.7.